The van der Waals surface area contributed by atoms with Crippen molar-refractivity contribution in [2.75, 3.05) is 0 Å². The molecule has 92 valence electrons. The molecule has 1 aromatic rings. The first kappa shape index (κ1) is 11.9. The fraction of sp³-hybridized carbons (Fsp3) is 0.364. The summed E-state index contributed by atoms with van der Waals surface area (Å²) in [6, 6.07) is 4.19. The average molecular weight is 246 g/mol. The number of ether oxygens (including phenoxy) is 1. The van der Waals surface area contributed by atoms with E-state index in [4.69, 9.17) is 0 Å². The van der Waals surface area contributed by atoms with Gasteiger partial charge < -0.3 is 9.84 Å². The van der Waals surface area contributed by atoms with Crippen LogP contribution in [0, 0.1) is 6.92 Å². The van der Waals surface area contributed by atoms with Crippen molar-refractivity contribution in [1.29, 1.82) is 0 Å². The predicted molar refractivity (Wildman–Crippen MR) is 51.8 cm³/mol. The lowest BCUT2D eigenvalue weighted by Crippen LogP contribution is -2.53. The zero-order chi connectivity index (χ0) is 12.8. The number of rotatable bonds is 0. The van der Waals surface area contributed by atoms with E-state index in [0.29, 0.717) is 0 Å². The Hall–Kier alpha value is -1.56. The van der Waals surface area contributed by atoms with Crippen LogP contribution in [0.4, 0.5) is 13.2 Å². The van der Waals surface area contributed by atoms with Crippen LogP contribution in [-0.2, 0) is 0 Å². The molecule has 1 heterocycles. The number of halogens is 3. The van der Waals surface area contributed by atoms with Gasteiger partial charge >= 0.3 is 12.0 Å². The van der Waals surface area contributed by atoms with Gasteiger partial charge in [-0.15, -0.1) is 0 Å². The second-order valence-corrected chi connectivity index (χ2v) is 3.98. The van der Waals surface area contributed by atoms with Crippen molar-refractivity contribution in [3.8, 4) is 5.75 Å². The molecule has 1 atom stereocenters. The molecule has 1 aliphatic rings. The van der Waals surface area contributed by atoms with E-state index in [0.717, 1.165) is 5.56 Å². The quantitative estimate of drug-likeness (QED) is 0.763. The van der Waals surface area contributed by atoms with Gasteiger partial charge in [0.1, 0.15) is 5.75 Å². The first-order chi connectivity index (χ1) is 7.73. The van der Waals surface area contributed by atoms with Crippen LogP contribution in [-0.4, -0.2) is 22.9 Å². The number of hydrogen-bond donors (Lipinski definition) is 1. The smallest absolute Gasteiger partial charge is 0.452 e. The van der Waals surface area contributed by atoms with E-state index in [1.54, 1.807) is 6.92 Å². The van der Waals surface area contributed by atoms with E-state index < -0.39 is 24.2 Å². The lowest BCUT2D eigenvalue weighted by atomic mass is 9.96. The third-order valence-corrected chi connectivity index (χ3v) is 2.56. The summed E-state index contributed by atoms with van der Waals surface area (Å²) in [4.78, 5) is 11.6. The molecule has 2 rings (SSSR count). The molecular weight excluding hydrogens is 237 g/mol. The molecule has 0 aromatic heterocycles. The lowest BCUT2D eigenvalue weighted by molar-refractivity contribution is -0.334. The number of aliphatic hydroxyl groups is 1. The Labute approximate surface area is 94.8 Å². The summed E-state index contributed by atoms with van der Waals surface area (Å²) >= 11 is 0. The highest BCUT2D eigenvalue weighted by molar-refractivity contribution is 6.00. The molecule has 1 aromatic carbocycles. The third kappa shape index (κ3) is 1.88. The number of Topliss-reactive ketones (excluding diaryl/α,β-unsaturated/α-hetero) is 1. The number of alkyl halides is 3. The Bertz CT molecular complexity index is 481. The standard InChI is InChI=1S/C11H9F3O3/c1-6-2-3-9-7(4-6)8(15)5-10(16,17-9)11(12,13)14/h2-4,16H,5H2,1H3/t10-/m0/s1. The van der Waals surface area contributed by atoms with E-state index in [9.17, 15) is 23.1 Å². The zero-order valence-corrected chi connectivity index (χ0v) is 8.84. The number of ketones is 1. The second-order valence-electron chi connectivity index (χ2n) is 3.98. The van der Waals surface area contributed by atoms with Gasteiger partial charge in [0, 0.05) is 0 Å². The average Bonchev–Trinajstić information content (AvgIpc) is 2.17. The van der Waals surface area contributed by atoms with E-state index in [1.807, 2.05) is 0 Å². The normalized spacial score (nSPS) is 24.2. The Morgan fingerprint density at radius 2 is 2.06 bits per heavy atom. The van der Waals surface area contributed by atoms with Crippen molar-refractivity contribution < 1.29 is 27.8 Å². The van der Waals surface area contributed by atoms with Crippen molar-refractivity contribution in [3.63, 3.8) is 0 Å². The summed E-state index contributed by atoms with van der Waals surface area (Å²) in [6.07, 6.45) is -6.13. The summed E-state index contributed by atoms with van der Waals surface area (Å²) in [7, 11) is 0. The predicted octanol–water partition coefficient (Wildman–Crippen LogP) is 2.21. The Morgan fingerprint density at radius 1 is 1.41 bits per heavy atom. The molecule has 6 heteroatoms. The molecule has 0 spiro atoms. The number of fused-ring (bicyclic) bond motifs is 1. The third-order valence-electron chi connectivity index (χ3n) is 2.56. The minimum Gasteiger partial charge on any atom is -0.452 e. The molecule has 1 aliphatic heterocycles. The maximum absolute atomic E-state index is 12.5. The molecule has 0 bridgehead atoms. The van der Waals surface area contributed by atoms with Gasteiger partial charge in [-0.3, -0.25) is 4.79 Å². The summed E-state index contributed by atoms with van der Waals surface area (Å²) < 4.78 is 42.2. The lowest BCUT2D eigenvalue weighted by Gasteiger charge is -2.34. The van der Waals surface area contributed by atoms with Crippen LogP contribution < -0.4 is 4.74 Å². The van der Waals surface area contributed by atoms with Crippen LogP contribution in [0.25, 0.3) is 0 Å². The van der Waals surface area contributed by atoms with Gasteiger partial charge in [0.15, 0.2) is 5.78 Å². The first-order valence-corrected chi connectivity index (χ1v) is 4.85. The van der Waals surface area contributed by atoms with Crippen LogP contribution >= 0.6 is 0 Å². The molecule has 3 nitrogen and oxygen atoms in total. The number of carbonyl (C=O) groups excluding carboxylic acids is 1. The number of hydrogen-bond acceptors (Lipinski definition) is 3. The molecule has 0 saturated heterocycles. The van der Waals surface area contributed by atoms with E-state index >= 15 is 0 Å². The van der Waals surface area contributed by atoms with E-state index in [1.165, 1.54) is 18.2 Å². The molecule has 0 aliphatic carbocycles. The van der Waals surface area contributed by atoms with Gasteiger partial charge in [-0.05, 0) is 19.1 Å². The summed E-state index contributed by atoms with van der Waals surface area (Å²) in [6.45, 7) is 1.71. The summed E-state index contributed by atoms with van der Waals surface area (Å²) in [5, 5.41) is 9.33. The van der Waals surface area contributed by atoms with Crippen LogP contribution in [0.2, 0.25) is 0 Å². The Balaban J connectivity index is 2.47. The van der Waals surface area contributed by atoms with Crippen molar-refractivity contribution in [1.82, 2.24) is 0 Å². The van der Waals surface area contributed by atoms with E-state index in [2.05, 4.69) is 4.74 Å². The van der Waals surface area contributed by atoms with Crippen molar-refractivity contribution in [2.45, 2.75) is 25.3 Å². The van der Waals surface area contributed by atoms with Gasteiger partial charge in [0.25, 0.3) is 0 Å². The monoisotopic (exact) mass is 246 g/mol. The molecular formula is C11H9F3O3. The van der Waals surface area contributed by atoms with Crippen LogP contribution in [0.3, 0.4) is 0 Å². The van der Waals surface area contributed by atoms with Crippen LogP contribution in [0.1, 0.15) is 22.3 Å². The zero-order valence-electron chi connectivity index (χ0n) is 8.84. The second kappa shape index (κ2) is 3.46. The van der Waals surface area contributed by atoms with Gasteiger partial charge in [-0.2, -0.15) is 13.2 Å². The molecule has 0 radical (unpaired) electrons. The molecule has 1 N–H and O–H groups in total. The Morgan fingerprint density at radius 3 is 2.65 bits per heavy atom. The molecule has 17 heavy (non-hydrogen) atoms. The molecule has 0 unspecified atom stereocenters. The number of aryl methyl sites for hydroxylation is 1. The van der Waals surface area contributed by atoms with E-state index in [-0.39, 0.29) is 11.3 Å². The highest BCUT2D eigenvalue weighted by Gasteiger charge is 2.59. The highest BCUT2D eigenvalue weighted by atomic mass is 19.4. The fourth-order valence-corrected chi connectivity index (χ4v) is 1.64. The van der Waals surface area contributed by atoms with Crippen LogP contribution in [0.5, 0.6) is 5.75 Å². The SMILES string of the molecule is Cc1ccc2c(c1)C(=O)C[C@@](O)(C(F)(F)F)O2. The first-order valence-electron chi connectivity index (χ1n) is 4.85. The van der Waals surface area contributed by atoms with Crippen LogP contribution in [0.15, 0.2) is 18.2 Å². The maximum Gasteiger partial charge on any atom is 0.455 e. The van der Waals surface area contributed by atoms with Crippen molar-refractivity contribution in [2.24, 2.45) is 0 Å². The van der Waals surface area contributed by atoms with Gasteiger partial charge in [0.2, 0.25) is 0 Å². The van der Waals surface area contributed by atoms with Crippen molar-refractivity contribution >= 4 is 5.78 Å². The van der Waals surface area contributed by atoms with Gasteiger partial charge in [0.05, 0.1) is 12.0 Å². The van der Waals surface area contributed by atoms with Gasteiger partial charge in [-0.1, -0.05) is 11.6 Å². The number of carbonyl (C=O) groups is 1. The fourth-order valence-electron chi connectivity index (χ4n) is 1.64. The molecule has 0 saturated carbocycles. The maximum atomic E-state index is 12.5. The number of benzene rings is 1. The minimum absolute atomic E-state index is 0.0684. The summed E-state index contributed by atoms with van der Waals surface area (Å²) in [5.41, 5.74) is 0.803. The van der Waals surface area contributed by atoms with Crippen molar-refractivity contribution in [3.05, 3.63) is 29.3 Å². The molecule has 0 amide bonds. The Kier molecular flexibility index (Phi) is 2.43. The topological polar surface area (TPSA) is 46.5 Å². The summed E-state index contributed by atoms with van der Waals surface area (Å²) in [5.74, 6) is -4.45. The molecule has 0 fully saturated rings. The highest BCUT2D eigenvalue weighted by Crippen LogP contribution is 2.41. The minimum atomic E-state index is -5.01. The van der Waals surface area contributed by atoms with Gasteiger partial charge in [-0.25, -0.2) is 0 Å². The largest absolute Gasteiger partial charge is 0.455 e.